The normalized spacial score (nSPS) is 11.7. The molecule has 0 atom stereocenters. The molecule has 0 aromatic rings. The number of carboxylic acid groups (broad SMARTS) is 1. The number of carboxylic acids is 1. The maximum atomic E-state index is 11.6. The first-order valence-electron chi connectivity index (χ1n) is 17.2. The lowest BCUT2D eigenvalue weighted by molar-refractivity contribution is -0.155. The molecule has 0 aliphatic heterocycles. The fourth-order valence-corrected chi connectivity index (χ4v) is 3.39. The van der Waals surface area contributed by atoms with Crippen molar-refractivity contribution in [1.82, 2.24) is 0 Å². The van der Waals surface area contributed by atoms with Gasteiger partial charge < -0.3 is 66.7 Å². The molecule has 16 nitrogen and oxygen atoms in total. The van der Waals surface area contributed by atoms with Crippen LogP contribution in [0, 0.1) is 0 Å². The number of hydrogen-bond donors (Lipinski definition) is 1. The summed E-state index contributed by atoms with van der Waals surface area (Å²) in [7, 11) is 0. The zero-order valence-corrected chi connectivity index (χ0v) is 30.2. The van der Waals surface area contributed by atoms with Gasteiger partial charge in [0.1, 0.15) is 5.60 Å². The van der Waals surface area contributed by atoms with Crippen molar-refractivity contribution < 1.29 is 76.3 Å². The molecule has 0 rings (SSSR count). The van der Waals surface area contributed by atoms with Crippen LogP contribution in [0.2, 0.25) is 0 Å². The van der Waals surface area contributed by atoms with Crippen LogP contribution in [0.5, 0.6) is 0 Å². The largest absolute Gasteiger partial charge is 0.481 e. The number of carbonyl (C=O) groups is 2. The van der Waals surface area contributed by atoms with Crippen LogP contribution in [0.3, 0.4) is 0 Å². The van der Waals surface area contributed by atoms with Crippen molar-refractivity contribution in [2.24, 2.45) is 0 Å². The average Bonchev–Trinajstić information content (AvgIpc) is 3.05. The monoisotopic (exact) mass is 716 g/mol. The number of hydrogen-bond acceptors (Lipinski definition) is 15. The third-order valence-corrected chi connectivity index (χ3v) is 5.64. The SMILES string of the molecule is CC(C)(C)OC(=O)CCCOCCOCCOCCOCCOCCOCCOCCOCCOCCOCCOCCOCCC(=O)O. The van der Waals surface area contributed by atoms with Crippen LogP contribution in [-0.2, 0) is 71.2 Å². The topological polar surface area (TPSA) is 174 Å². The zero-order chi connectivity index (χ0) is 35.9. The standard InChI is InChI=1S/C33H64O16/c1-33(2,3)49-32(36)5-4-7-37-9-11-39-13-15-41-17-19-43-21-23-45-25-27-47-29-30-48-28-26-46-24-22-44-20-18-42-16-14-40-12-10-38-8-6-31(34)35/h4-30H2,1-3H3,(H,34,35). The van der Waals surface area contributed by atoms with E-state index in [2.05, 4.69) is 0 Å². The van der Waals surface area contributed by atoms with E-state index >= 15 is 0 Å². The van der Waals surface area contributed by atoms with Crippen LogP contribution in [0.4, 0.5) is 0 Å². The van der Waals surface area contributed by atoms with E-state index in [4.69, 9.17) is 66.7 Å². The predicted molar refractivity (Wildman–Crippen MR) is 177 cm³/mol. The second-order valence-corrected chi connectivity index (χ2v) is 11.2. The molecule has 16 heteroatoms. The Balaban J connectivity index is 3.10. The van der Waals surface area contributed by atoms with Gasteiger partial charge >= 0.3 is 11.9 Å². The molecule has 0 heterocycles. The van der Waals surface area contributed by atoms with Crippen LogP contribution in [0.15, 0.2) is 0 Å². The minimum Gasteiger partial charge on any atom is -0.481 e. The summed E-state index contributed by atoms with van der Waals surface area (Å²) in [6.07, 6.45) is 0.970. The van der Waals surface area contributed by atoms with Gasteiger partial charge in [-0.3, -0.25) is 9.59 Å². The number of ether oxygens (including phenoxy) is 13. The Hall–Kier alpha value is -1.54. The van der Waals surface area contributed by atoms with E-state index in [-0.39, 0.29) is 19.0 Å². The van der Waals surface area contributed by atoms with E-state index in [1.807, 2.05) is 20.8 Å². The second kappa shape index (κ2) is 37.7. The summed E-state index contributed by atoms with van der Waals surface area (Å²) < 4.78 is 70.2. The molecule has 0 radical (unpaired) electrons. The highest BCUT2D eigenvalue weighted by Crippen LogP contribution is 2.09. The predicted octanol–water partition coefficient (Wildman–Crippen LogP) is 1.78. The molecule has 0 aliphatic carbocycles. The molecule has 292 valence electrons. The molecule has 0 spiro atoms. The molecule has 49 heavy (non-hydrogen) atoms. The van der Waals surface area contributed by atoms with Crippen molar-refractivity contribution in [2.45, 2.75) is 45.6 Å². The molecule has 0 unspecified atom stereocenters. The first-order chi connectivity index (χ1) is 23.8. The Labute approximate surface area is 292 Å². The molecular formula is C33H64O16. The molecule has 0 amide bonds. The van der Waals surface area contributed by atoms with Gasteiger partial charge in [-0.2, -0.15) is 0 Å². The molecule has 0 aromatic heterocycles. The highest BCUT2D eigenvalue weighted by Gasteiger charge is 2.15. The summed E-state index contributed by atoms with van der Waals surface area (Å²) in [6.45, 7) is 16.6. The lowest BCUT2D eigenvalue weighted by Crippen LogP contribution is -2.23. The third-order valence-electron chi connectivity index (χ3n) is 5.64. The van der Waals surface area contributed by atoms with Gasteiger partial charge in [-0.1, -0.05) is 0 Å². The molecule has 0 aliphatic rings. The quantitative estimate of drug-likeness (QED) is 0.0717. The first kappa shape index (κ1) is 47.5. The Morgan fingerprint density at radius 2 is 0.592 bits per heavy atom. The first-order valence-corrected chi connectivity index (χ1v) is 17.2. The van der Waals surface area contributed by atoms with Gasteiger partial charge in [0.25, 0.3) is 0 Å². The lowest BCUT2D eigenvalue weighted by atomic mass is 10.2. The van der Waals surface area contributed by atoms with Crippen LogP contribution in [0.1, 0.15) is 40.0 Å². The second-order valence-electron chi connectivity index (χ2n) is 11.2. The van der Waals surface area contributed by atoms with E-state index in [1.54, 1.807) is 0 Å². The lowest BCUT2D eigenvalue weighted by Gasteiger charge is -2.19. The van der Waals surface area contributed by atoms with Gasteiger partial charge in [0.2, 0.25) is 0 Å². The summed E-state index contributed by atoms with van der Waals surface area (Å²) in [4.78, 5) is 21.9. The van der Waals surface area contributed by atoms with E-state index in [0.717, 1.165) is 0 Å². The Kier molecular flexibility index (Phi) is 36.5. The maximum absolute atomic E-state index is 11.6. The number of carbonyl (C=O) groups excluding carboxylic acids is 1. The fourth-order valence-electron chi connectivity index (χ4n) is 3.39. The number of aliphatic carboxylic acids is 1. The third kappa shape index (κ3) is 44.4. The van der Waals surface area contributed by atoms with Gasteiger partial charge in [0, 0.05) is 13.0 Å². The van der Waals surface area contributed by atoms with Gasteiger partial charge in [-0.05, 0) is 27.2 Å². The smallest absolute Gasteiger partial charge is 0.306 e. The Morgan fingerprint density at radius 3 is 0.816 bits per heavy atom. The van der Waals surface area contributed by atoms with E-state index in [9.17, 15) is 9.59 Å². The van der Waals surface area contributed by atoms with Gasteiger partial charge in [-0.15, -0.1) is 0 Å². The number of esters is 1. The highest BCUT2D eigenvalue weighted by atomic mass is 16.6. The summed E-state index contributed by atoms with van der Waals surface area (Å²) in [6, 6.07) is 0. The van der Waals surface area contributed by atoms with Crippen LogP contribution >= 0.6 is 0 Å². The van der Waals surface area contributed by atoms with Crippen molar-refractivity contribution in [3.8, 4) is 0 Å². The van der Waals surface area contributed by atoms with E-state index in [0.29, 0.717) is 165 Å². The summed E-state index contributed by atoms with van der Waals surface area (Å²) in [5.41, 5.74) is -0.454. The maximum Gasteiger partial charge on any atom is 0.306 e. The van der Waals surface area contributed by atoms with Crippen molar-refractivity contribution in [2.75, 3.05) is 159 Å². The van der Waals surface area contributed by atoms with Crippen molar-refractivity contribution >= 4 is 11.9 Å². The molecular weight excluding hydrogens is 652 g/mol. The van der Waals surface area contributed by atoms with E-state index < -0.39 is 11.6 Å². The molecule has 0 saturated carbocycles. The van der Waals surface area contributed by atoms with Gasteiger partial charge in [0.15, 0.2) is 0 Å². The van der Waals surface area contributed by atoms with Gasteiger partial charge in [-0.25, -0.2) is 0 Å². The number of rotatable bonds is 40. The minimum atomic E-state index is -0.877. The van der Waals surface area contributed by atoms with Crippen LogP contribution < -0.4 is 0 Å². The molecule has 0 bridgehead atoms. The average molecular weight is 717 g/mol. The Bertz CT molecular complexity index is 707. The Morgan fingerprint density at radius 1 is 0.367 bits per heavy atom. The molecule has 0 saturated heterocycles. The fraction of sp³-hybridized carbons (Fsp3) is 0.939. The summed E-state index contributed by atoms with van der Waals surface area (Å²) in [5, 5.41) is 8.49. The van der Waals surface area contributed by atoms with E-state index in [1.165, 1.54) is 0 Å². The van der Waals surface area contributed by atoms with Crippen molar-refractivity contribution in [3.05, 3.63) is 0 Å². The highest BCUT2D eigenvalue weighted by molar-refractivity contribution is 5.69. The van der Waals surface area contributed by atoms with Crippen molar-refractivity contribution in [1.29, 1.82) is 0 Å². The summed E-state index contributed by atoms with van der Waals surface area (Å²) in [5.74, 6) is -1.08. The molecule has 0 aromatic carbocycles. The minimum absolute atomic E-state index is 0.00579. The summed E-state index contributed by atoms with van der Waals surface area (Å²) >= 11 is 0. The van der Waals surface area contributed by atoms with Crippen LogP contribution in [0.25, 0.3) is 0 Å². The van der Waals surface area contributed by atoms with Crippen LogP contribution in [-0.4, -0.2) is 181 Å². The molecule has 1 N–H and O–H groups in total. The van der Waals surface area contributed by atoms with Crippen molar-refractivity contribution in [3.63, 3.8) is 0 Å². The zero-order valence-electron chi connectivity index (χ0n) is 30.2. The van der Waals surface area contributed by atoms with Gasteiger partial charge in [0.05, 0.1) is 158 Å². The molecule has 0 fully saturated rings.